The highest BCUT2D eigenvalue weighted by atomic mass is 79.9. The SMILES string of the molecule is CCC(C)(CC)Nc1ncc(Br)c(C)n1. The van der Waals surface area contributed by atoms with E-state index < -0.39 is 0 Å². The molecule has 0 bridgehead atoms. The smallest absolute Gasteiger partial charge is 0.223 e. The van der Waals surface area contributed by atoms with Crippen LogP contribution in [0.4, 0.5) is 5.95 Å². The summed E-state index contributed by atoms with van der Waals surface area (Å²) in [6, 6.07) is 0. The molecule has 0 fully saturated rings. The van der Waals surface area contributed by atoms with Gasteiger partial charge in [0, 0.05) is 11.7 Å². The molecule has 1 heterocycles. The molecular formula is C11H18BrN3. The zero-order valence-corrected chi connectivity index (χ0v) is 11.3. The molecule has 84 valence electrons. The van der Waals surface area contributed by atoms with Crippen molar-refractivity contribution in [2.45, 2.75) is 46.1 Å². The van der Waals surface area contributed by atoms with Gasteiger partial charge in [-0.25, -0.2) is 9.97 Å². The predicted molar refractivity (Wildman–Crippen MR) is 67.1 cm³/mol. The second-order valence-electron chi connectivity index (χ2n) is 4.02. The largest absolute Gasteiger partial charge is 0.349 e. The Hall–Kier alpha value is -0.640. The Labute approximate surface area is 99.8 Å². The Morgan fingerprint density at radius 3 is 2.47 bits per heavy atom. The summed E-state index contributed by atoms with van der Waals surface area (Å²) in [4.78, 5) is 8.64. The van der Waals surface area contributed by atoms with Crippen LogP contribution in [-0.2, 0) is 0 Å². The molecule has 4 heteroatoms. The number of nitrogens with one attached hydrogen (secondary N) is 1. The van der Waals surface area contributed by atoms with Crippen molar-refractivity contribution in [3.8, 4) is 0 Å². The lowest BCUT2D eigenvalue weighted by Crippen LogP contribution is -2.33. The lowest BCUT2D eigenvalue weighted by molar-refractivity contribution is 0.474. The average Bonchev–Trinajstić information content (AvgIpc) is 2.23. The van der Waals surface area contributed by atoms with Gasteiger partial charge in [-0.15, -0.1) is 0 Å². The Balaban J connectivity index is 2.85. The van der Waals surface area contributed by atoms with Gasteiger partial charge in [0.25, 0.3) is 0 Å². The average molecular weight is 272 g/mol. The zero-order chi connectivity index (χ0) is 11.5. The van der Waals surface area contributed by atoms with E-state index in [1.54, 1.807) is 6.20 Å². The molecule has 0 saturated heterocycles. The van der Waals surface area contributed by atoms with Crippen LogP contribution < -0.4 is 5.32 Å². The van der Waals surface area contributed by atoms with Crippen LogP contribution in [-0.4, -0.2) is 15.5 Å². The Morgan fingerprint density at radius 2 is 2.00 bits per heavy atom. The number of halogens is 1. The van der Waals surface area contributed by atoms with E-state index in [4.69, 9.17) is 0 Å². The summed E-state index contributed by atoms with van der Waals surface area (Å²) in [6.07, 6.45) is 3.90. The van der Waals surface area contributed by atoms with Gasteiger partial charge in [-0.2, -0.15) is 0 Å². The van der Waals surface area contributed by atoms with Crippen LogP contribution in [0.1, 0.15) is 39.3 Å². The maximum absolute atomic E-state index is 4.38. The summed E-state index contributed by atoms with van der Waals surface area (Å²) in [5.41, 5.74) is 1.04. The van der Waals surface area contributed by atoms with Crippen molar-refractivity contribution < 1.29 is 0 Å². The van der Waals surface area contributed by atoms with Crippen molar-refractivity contribution in [3.63, 3.8) is 0 Å². The summed E-state index contributed by atoms with van der Waals surface area (Å²) >= 11 is 3.39. The Bertz CT molecular complexity index is 335. The molecule has 15 heavy (non-hydrogen) atoms. The number of aromatic nitrogens is 2. The summed E-state index contributed by atoms with van der Waals surface area (Å²) < 4.78 is 0.947. The van der Waals surface area contributed by atoms with E-state index in [9.17, 15) is 0 Å². The van der Waals surface area contributed by atoms with Crippen LogP contribution in [0.3, 0.4) is 0 Å². The number of nitrogens with zero attached hydrogens (tertiary/aromatic N) is 2. The molecule has 1 aromatic heterocycles. The first-order chi connectivity index (χ1) is 7.00. The molecule has 1 aromatic rings. The minimum Gasteiger partial charge on any atom is -0.349 e. The second-order valence-corrected chi connectivity index (χ2v) is 4.87. The highest BCUT2D eigenvalue weighted by Crippen LogP contribution is 2.20. The summed E-state index contributed by atoms with van der Waals surface area (Å²) in [5.74, 6) is 0.710. The molecule has 0 atom stereocenters. The molecule has 0 amide bonds. The molecule has 0 aliphatic carbocycles. The first kappa shape index (κ1) is 12.4. The van der Waals surface area contributed by atoms with Gasteiger partial charge in [0.2, 0.25) is 5.95 Å². The van der Waals surface area contributed by atoms with Gasteiger partial charge in [0.1, 0.15) is 0 Å². The van der Waals surface area contributed by atoms with Crippen molar-refractivity contribution in [3.05, 3.63) is 16.4 Å². The molecular weight excluding hydrogens is 254 g/mol. The van der Waals surface area contributed by atoms with Gasteiger partial charge in [0.05, 0.1) is 10.2 Å². The van der Waals surface area contributed by atoms with Gasteiger partial charge in [-0.1, -0.05) is 13.8 Å². The highest BCUT2D eigenvalue weighted by Gasteiger charge is 2.20. The minimum absolute atomic E-state index is 0.0836. The molecule has 0 radical (unpaired) electrons. The molecule has 0 aliphatic rings. The highest BCUT2D eigenvalue weighted by molar-refractivity contribution is 9.10. The molecule has 0 aromatic carbocycles. The molecule has 3 nitrogen and oxygen atoms in total. The first-order valence-corrected chi connectivity index (χ1v) is 6.07. The predicted octanol–water partition coefficient (Wildman–Crippen LogP) is 3.54. The van der Waals surface area contributed by atoms with E-state index in [1.165, 1.54) is 0 Å². The van der Waals surface area contributed by atoms with Crippen LogP contribution in [0.5, 0.6) is 0 Å². The van der Waals surface area contributed by atoms with E-state index in [2.05, 4.69) is 52.0 Å². The maximum Gasteiger partial charge on any atom is 0.223 e. The Morgan fingerprint density at radius 1 is 1.40 bits per heavy atom. The molecule has 0 spiro atoms. The monoisotopic (exact) mass is 271 g/mol. The minimum atomic E-state index is 0.0836. The molecule has 0 saturated carbocycles. The van der Waals surface area contributed by atoms with Gasteiger partial charge >= 0.3 is 0 Å². The van der Waals surface area contributed by atoms with E-state index >= 15 is 0 Å². The van der Waals surface area contributed by atoms with Crippen LogP contribution >= 0.6 is 15.9 Å². The van der Waals surface area contributed by atoms with Gasteiger partial charge in [-0.05, 0) is 42.6 Å². The van der Waals surface area contributed by atoms with Crippen LogP contribution in [0.15, 0.2) is 10.7 Å². The fraction of sp³-hybridized carbons (Fsp3) is 0.636. The van der Waals surface area contributed by atoms with Crippen molar-refractivity contribution >= 4 is 21.9 Å². The first-order valence-electron chi connectivity index (χ1n) is 5.28. The quantitative estimate of drug-likeness (QED) is 0.911. The lowest BCUT2D eigenvalue weighted by Gasteiger charge is -2.28. The molecule has 0 aliphatic heterocycles. The van der Waals surface area contributed by atoms with Crippen molar-refractivity contribution in [2.24, 2.45) is 0 Å². The Kier molecular flexibility index (Phi) is 4.08. The van der Waals surface area contributed by atoms with E-state index in [-0.39, 0.29) is 5.54 Å². The molecule has 1 rings (SSSR count). The maximum atomic E-state index is 4.38. The zero-order valence-electron chi connectivity index (χ0n) is 9.76. The van der Waals surface area contributed by atoms with Crippen molar-refractivity contribution in [1.82, 2.24) is 9.97 Å². The fourth-order valence-electron chi connectivity index (χ4n) is 1.21. The van der Waals surface area contributed by atoms with Gasteiger partial charge in [0.15, 0.2) is 0 Å². The standard InChI is InChI=1S/C11H18BrN3/c1-5-11(4,6-2)15-10-13-7-9(12)8(3)14-10/h7H,5-6H2,1-4H3,(H,13,14,15). The summed E-state index contributed by atoms with van der Waals surface area (Å²) in [7, 11) is 0. The van der Waals surface area contributed by atoms with Crippen LogP contribution in [0.25, 0.3) is 0 Å². The fourth-order valence-corrected chi connectivity index (χ4v) is 1.40. The third kappa shape index (κ3) is 3.16. The topological polar surface area (TPSA) is 37.8 Å². The summed E-state index contributed by atoms with van der Waals surface area (Å²) in [6.45, 7) is 8.49. The van der Waals surface area contributed by atoms with E-state index in [1.807, 2.05) is 6.92 Å². The number of hydrogen-bond donors (Lipinski definition) is 1. The van der Waals surface area contributed by atoms with Crippen LogP contribution in [0.2, 0.25) is 0 Å². The molecule has 1 N–H and O–H groups in total. The normalized spacial score (nSPS) is 11.5. The third-order valence-electron chi connectivity index (χ3n) is 2.89. The second kappa shape index (κ2) is 4.92. The molecule has 0 unspecified atom stereocenters. The van der Waals surface area contributed by atoms with E-state index in [0.29, 0.717) is 5.95 Å². The number of anilines is 1. The van der Waals surface area contributed by atoms with Gasteiger partial charge in [-0.3, -0.25) is 0 Å². The summed E-state index contributed by atoms with van der Waals surface area (Å²) in [5, 5.41) is 3.38. The number of aryl methyl sites for hydroxylation is 1. The third-order valence-corrected chi connectivity index (χ3v) is 3.67. The number of hydrogen-bond acceptors (Lipinski definition) is 3. The van der Waals surface area contributed by atoms with Crippen molar-refractivity contribution in [1.29, 1.82) is 0 Å². The van der Waals surface area contributed by atoms with E-state index in [0.717, 1.165) is 23.0 Å². The number of rotatable bonds is 4. The van der Waals surface area contributed by atoms with Gasteiger partial charge < -0.3 is 5.32 Å². The van der Waals surface area contributed by atoms with Crippen LogP contribution in [0, 0.1) is 6.92 Å². The van der Waals surface area contributed by atoms with Crippen molar-refractivity contribution in [2.75, 3.05) is 5.32 Å². The lowest BCUT2D eigenvalue weighted by atomic mass is 9.96.